The third-order valence-corrected chi connectivity index (χ3v) is 12.3. The van der Waals surface area contributed by atoms with Crippen molar-refractivity contribution in [3.8, 4) is 44.5 Å². The fourth-order valence-electron chi connectivity index (χ4n) is 9.84. The number of rotatable bonds is 5. The lowest BCUT2D eigenvalue weighted by Gasteiger charge is -2.32. The third kappa shape index (κ3) is 4.59. The van der Waals surface area contributed by atoms with Gasteiger partial charge in [-0.3, -0.25) is 0 Å². The fourth-order valence-corrected chi connectivity index (χ4v) is 9.84. The van der Waals surface area contributed by atoms with E-state index >= 15 is 0 Å². The van der Waals surface area contributed by atoms with E-state index in [1.54, 1.807) is 0 Å². The first-order chi connectivity index (χ1) is 28.3. The molecule has 1 aromatic heterocycles. The van der Waals surface area contributed by atoms with Gasteiger partial charge in [-0.15, -0.1) is 0 Å². The largest absolute Gasteiger partial charge is 0.455 e. The van der Waals surface area contributed by atoms with E-state index in [4.69, 9.17) is 4.42 Å². The molecule has 0 unspecified atom stereocenters. The van der Waals surface area contributed by atoms with Crippen LogP contribution in [0.2, 0.25) is 0 Å². The molecule has 0 saturated carbocycles. The molecule has 0 saturated heterocycles. The number of fused-ring (bicyclic) bond motifs is 14. The Morgan fingerprint density at radius 3 is 1.46 bits per heavy atom. The van der Waals surface area contributed by atoms with Crippen LogP contribution in [0, 0.1) is 0 Å². The molecule has 0 N–H and O–H groups in total. The molecule has 2 aliphatic rings. The Hall–Kier alpha value is -7.42. The summed E-state index contributed by atoms with van der Waals surface area (Å²) in [6.45, 7) is 0. The van der Waals surface area contributed by atoms with E-state index in [1.165, 1.54) is 66.8 Å². The number of furan rings is 1. The van der Waals surface area contributed by atoms with Gasteiger partial charge in [0.15, 0.2) is 0 Å². The molecule has 1 heterocycles. The summed E-state index contributed by atoms with van der Waals surface area (Å²) in [5.74, 6) is 0. The summed E-state index contributed by atoms with van der Waals surface area (Å²) >= 11 is 0. The molecular formula is C55H35NO. The number of benzene rings is 9. The average molecular weight is 726 g/mol. The molecule has 266 valence electrons. The topological polar surface area (TPSA) is 16.4 Å². The zero-order chi connectivity index (χ0) is 37.5. The van der Waals surface area contributed by atoms with Crippen molar-refractivity contribution in [1.82, 2.24) is 0 Å². The van der Waals surface area contributed by atoms with Crippen molar-refractivity contribution in [1.29, 1.82) is 0 Å². The second-order valence-corrected chi connectivity index (χ2v) is 15.2. The molecule has 2 nitrogen and oxygen atoms in total. The molecule has 0 fully saturated rings. The molecule has 57 heavy (non-hydrogen) atoms. The molecule has 0 aliphatic heterocycles. The van der Waals surface area contributed by atoms with Gasteiger partial charge in [0.25, 0.3) is 0 Å². The summed E-state index contributed by atoms with van der Waals surface area (Å²) in [6.07, 6.45) is 0. The SMILES string of the molecule is c1ccc(-c2ccc(N(c3ccc(-c4ccccc4)cc3)c3ccc4c(c3)C3(c5ccccc5-c5ccccc53)c3ccc5c(oc6ccccc65)c3-4)cc2)cc1. The van der Waals surface area contributed by atoms with Crippen molar-refractivity contribution in [2.75, 3.05) is 4.90 Å². The van der Waals surface area contributed by atoms with E-state index in [-0.39, 0.29) is 0 Å². The van der Waals surface area contributed by atoms with Crippen molar-refractivity contribution >= 4 is 39.0 Å². The van der Waals surface area contributed by atoms with Gasteiger partial charge >= 0.3 is 0 Å². The summed E-state index contributed by atoms with van der Waals surface area (Å²) in [7, 11) is 0. The van der Waals surface area contributed by atoms with E-state index in [0.717, 1.165) is 39.0 Å². The second-order valence-electron chi connectivity index (χ2n) is 15.2. The zero-order valence-electron chi connectivity index (χ0n) is 31.1. The van der Waals surface area contributed by atoms with Crippen LogP contribution < -0.4 is 4.90 Å². The van der Waals surface area contributed by atoms with Gasteiger partial charge in [-0.25, -0.2) is 0 Å². The maximum Gasteiger partial charge on any atom is 0.143 e. The molecule has 10 aromatic rings. The number of hydrogen-bond donors (Lipinski definition) is 0. The second kappa shape index (κ2) is 12.3. The van der Waals surface area contributed by atoms with Crippen LogP contribution in [-0.2, 0) is 5.41 Å². The molecule has 12 rings (SSSR count). The Balaban J connectivity index is 1.12. The van der Waals surface area contributed by atoms with Gasteiger partial charge in [0.1, 0.15) is 11.2 Å². The average Bonchev–Trinajstić information content (AvgIpc) is 3.92. The van der Waals surface area contributed by atoms with Crippen molar-refractivity contribution in [2.24, 2.45) is 0 Å². The first-order valence-electron chi connectivity index (χ1n) is 19.7. The summed E-state index contributed by atoms with van der Waals surface area (Å²) in [4.78, 5) is 2.41. The van der Waals surface area contributed by atoms with Gasteiger partial charge in [-0.1, -0.05) is 170 Å². The van der Waals surface area contributed by atoms with Gasteiger partial charge in [0.2, 0.25) is 0 Å². The first kappa shape index (κ1) is 31.9. The van der Waals surface area contributed by atoms with Crippen LogP contribution in [0.15, 0.2) is 217 Å². The molecule has 2 aliphatic carbocycles. The van der Waals surface area contributed by atoms with Crippen LogP contribution in [0.1, 0.15) is 22.3 Å². The lowest BCUT2D eigenvalue weighted by molar-refractivity contribution is 0.669. The minimum absolute atomic E-state index is 0.527. The number of anilines is 3. The quantitative estimate of drug-likeness (QED) is 0.176. The first-order valence-corrected chi connectivity index (χ1v) is 19.7. The van der Waals surface area contributed by atoms with Crippen LogP contribution in [0.3, 0.4) is 0 Å². The van der Waals surface area contributed by atoms with E-state index in [1.807, 2.05) is 0 Å². The van der Waals surface area contributed by atoms with Crippen LogP contribution >= 0.6 is 0 Å². The molecule has 0 radical (unpaired) electrons. The summed E-state index contributed by atoms with van der Waals surface area (Å²) in [5.41, 5.74) is 19.5. The molecule has 1 spiro atoms. The van der Waals surface area contributed by atoms with Gasteiger partial charge in [-0.2, -0.15) is 0 Å². The number of nitrogens with zero attached hydrogens (tertiary/aromatic N) is 1. The van der Waals surface area contributed by atoms with E-state index < -0.39 is 5.41 Å². The molecule has 0 amide bonds. The van der Waals surface area contributed by atoms with Crippen LogP contribution in [0.25, 0.3) is 66.4 Å². The summed E-state index contributed by atoms with van der Waals surface area (Å²) < 4.78 is 6.83. The van der Waals surface area contributed by atoms with E-state index in [2.05, 4.69) is 217 Å². The Bertz CT molecular complexity index is 3030. The maximum absolute atomic E-state index is 6.83. The Labute approximate surface area is 331 Å². The van der Waals surface area contributed by atoms with Gasteiger partial charge < -0.3 is 9.32 Å². The normalized spacial score (nSPS) is 13.1. The predicted molar refractivity (Wildman–Crippen MR) is 236 cm³/mol. The lowest BCUT2D eigenvalue weighted by atomic mass is 9.70. The highest BCUT2D eigenvalue weighted by molar-refractivity contribution is 6.13. The molecule has 2 heteroatoms. The minimum Gasteiger partial charge on any atom is -0.455 e. The Kier molecular flexibility index (Phi) is 6.88. The zero-order valence-corrected chi connectivity index (χ0v) is 31.1. The standard InChI is InChI=1S/C55H35NO/c1-3-13-36(14-4-1)38-23-27-40(28-24-38)56(41-29-25-39(26-30-41)37-15-5-2-6-16-37)42-31-32-47-51(35-42)55(48-20-10-7-17-43(48)44-18-8-11-21-49(44)55)50-34-33-46-45-19-9-12-22-52(45)57-54(46)53(47)50/h1-35H. The summed E-state index contributed by atoms with van der Waals surface area (Å²) in [5, 5.41) is 2.29. The monoisotopic (exact) mass is 725 g/mol. The fraction of sp³-hybridized carbons (Fsp3) is 0.0182. The van der Waals surface area contributed by atoms with Crippen LogP contribution in [0.4, 0.5) is 17.1 Å². The molecular weight excluding hydrogens is 691 g/mol. The van der Waals surface area contributed by atoms with Crippen molar-refractivity contribution < 1.29 is 4.42 Å². The third-order valence-electron chi connectivity index (χ3n) is 12.3. The number of hydrogen-bond acceptors (Lipinski definition) is 2. The van der Waals surface area contributed by atoms with E-state index in [0.29, 0.717) is 0 Å². The Morgan fingerprint density at radius 1 is 0.333 bits per heavy atom. The molecule has 0 atom stereocenters. The molecule has 0 bridgehead atoms. The van der Waals surface area contributed by atoms with E-state index in [9.17, 15) is 0 Å². The van der Waals surface area contributed by atoms with Gasteiger partial charge in [0.05, 0.1) is 5.41 Å². The minimum atomic E-state index is -0.527. The summed E-state index contributed by atoms with van der Waals surface area (Å²) in [6, 6.07) is 77.3. The highest BCUT2D eigenvalue weighted by atomic mass is 16.3. The highest BCUT2D eigenvalue weighted by Gasteiger charge is 2.52. The molecule has 9 aromatic carbocycles. The smallest absolute Gasteiger partial charge is 0.143 e. The van der Waals surface area contributed by atoms with Crippen molar-refractivity contribution in [2.45, 2.75) is 5.41 Å². The van der Waals surface area contributed by atoms with Crippen LogP contribution in [-0.4, -0.2) is 0 Å². The lowest BCUT2D eigenvalue weighted by Crippen LogP contribution is -2.26. The van der Waals surface area contributed by atoms with Crippen LogP contribution in [0.5, 0.6) is 0 Å². The van der Waals surface area contributed by atoms with Crippen molar-refractivity contribution in [3.05, 3.63) is 235 Å². The van der Waals surface area contributed by atoms with Crippen molar-refractivity contribution in [3.63, 3.8) is 0 Å². The Morgan fingerprint density at radius 2 is 0.842 bits per heavy atom. The predicted octanol–water partition coefficient (Wildman–Crippen LogP) is 14.7. The maximum atomic E-state index is 6.83. The highest BCUT2D eigenvalue weighted by Crippen LogP contribution is 2.64. The van der Waals surface area contributed by atoms with Gasteiger partial charge in [-0.05, 0) is 104 Å². The number of para-hydroxylation sites is 1. The van der Waals surface area contributed by atoms with Gasteiger partial charge in [0, 0.05) is 33.4 Å².